The van der Waals surface area contributed by atoms with Gasteiger partial charge >= 0.3 is 5.97 Å². The van der Waals surface area contributed by atoms with E-state index < -0.39 is 23.6 Å². The van der Waals surface area contributed by atoms with Gasteiger partial charge in [-0.05, 0) is 25.5 Å². The van der Waals surface area contributed by atoms with E-state index in [2.05, 4.69) is 0 Å². The quantitative estimate of drug-likeness (QED) is 0.698. The van der Waals surface area contributed by atoms with Crippen molar-refractivity contribution in [2.24, 2.45) is 5.92 Å². The molecular formula is C16H21ClFNO4. The van der Waals surface area contributed by atoms with Crippen LogP contribution in [0.2, 0.25) is 5.02 Å². The summed E-state index contributed by atoms with van der Waals surface area (Å²) in [5.41, 5.74) is 0.0284. The first-order valence-corrected chi connectivity index (χ1v) is 7.80. The highest BCUT2D eigenvalue weighted by atomic mass is 35.5. The molecule has 1 atom stereocenters. The van der Waals surface area contributed by atoms with E-state index in [9.17, 15) is 14.0 Å². The van der Waals surface area contributed by atoms with E-state index in [-0.39, 0.29) is 17.1 Å². The SMILES string of the molecule is CCOCCCN(CC(C)C(=O)O)C(=O)c1cccc(F)c1Cl. The first-order valence-electron chi connectivity index (χ1n) is 7.42. The van der Waals surface area contributed by atoms with Gasteiger partial charge in [0.25, 0.3) is 5.91 Å². The van der Waals surface area contributed by atoms with Gasteiger partial charge < -0.3 is 14.7 Å². The molecule has 1 unspecified atom stereocenters. The normalized spacial score (nSPS) is 12.0. The number of amides is 1. The molecule has 0 aliphatic rings. The van der Waals surface area contributed by atoms with Crippen molar-refractivity contribution in [3.63, 3.8) is 0 Å². The van der Waals surface area contributed by atoms with Gasteiger partial charge in [0.2, 0.25) is 0 Å². The number of hydrogen-bond donors (Lipinski definition) is 1. The Kier molecular flexibility index (Phi) is 7.98. The average Bonchev–Trinajstić information content (AvgIpc) is 2.52. The van der Waals surface area contributed by atoms with Crippen molar-refractivity contribution in [2.75, 3.05) is 26.3 Å². The number of nitrogens with zero attached hydrogens (tertiary/aromatic N) is 1. The van der Waals surface area contributed by atoms with Crippen LogP contribution in [0.1, 0.15) is 30.6 Å². The van der Waals surface area contributed by atoms with Gasteiger partial charge in [-0.2, -0.15) is 0 Å². The number of carbonyl (C=O) groups is 2. The molecule has 0 bridgehead atoms. The van der Waals surface area contributed by atoms with Crippen LogP contribution in [0, 0.1) is 11.7 Å². The standard InChI is InChI=1S/C16H21ClFNO4/c1-3-23-9-5-8-19(10-11(2)16(21)22)15(20)12-6-4-7-13(18)14(12)17/h4,6-7,11H,3,5,8-10H2,1-2H3,(H,21,22). The molecule has 1 amide bonds. The van der Waals surface area contributed by atoms with Crippen LogP contribution in [0.4, 0.5) is 4.39 Å². The Morgan fingerprint density at radius 1 is 1.43 bits per heavy atom. The molecule has 0 aliphatic heterocycles. The molecule has 0 spiro atoms. The first kappa shape index (κ1) is 19.4. The summed E-state index contributed by atoms with van der Waals surface area (Å²) in [6, 6.07) is 3.99. The molecule has 0 radical (unpaired) electrons. The largest absolute Gasteiger partial charge is 0.481 e. The molecule has 0 heterocycles. The van der Waals surface area contributed by atoms with E-state index in [1.807, 2.05) is 6.92 Å². The van der Waals surface area contributed by atoms with E-state index in [4.69, 9.17) is 21.4 Å². The van der Waals surface area contributed by atoms with Crippen molar-refractivity contribution < 1.29 is 23.8 Å². The van der Waals surface area contributed by atoms with Gasteiger partial charge in [-0.25, -0.2) is 4.39 Å². The molecule has 0 fully saturated rings. The zero-order valence-electron chi connectivity index (χ0n) is 13.2. The summed E-state index contributed by atoms with van der Waals surface area (Å²) in [5.74, 6) is -2.91. The summed E-state index contributed by atoms with van der Waals surface area (Å²) in [4.78, 5) is 25.0. The van der Waals surface area contributed by atoms with Crippen LogP contribution in [0.5, 0.6) is 0 Å². The maximum atomic E-state index is 13.5. The molecule has 23 heavy (non-hydrogen) atoms. The Bertz CT molecular complexity index is 553. The Balaban J connectivity index is 2.90. The fraction of sp³-hybridized carbons (Fsp3) is 0.500. The summed E-state index contributed by atoms with van der Waals surface area (Å²) in [6.45, 7) is 4.73. The lowest BCUT2D eigenvalue weighted by atomic mass is 10.1. The number of carboxylic acid groups (broad SMARTS) is 1. The topological polar surface area (TPSA) is 66.8 Å². The third-order valence-corrected chi connectivity index (χ3v) is 3.69. The van der Waals surface area contributed by atoms with E-state index in [0.29, 0.717) is 26.2 Å². The van der Waals surface area contributed by atoms with Gasteiger partial charge in [0.1, 0.15) is 5.82 Å². The van der Waals surface area contributed by atoms with Gasteiger partial charge in [0.15, 0.2) is 0 Å². The molecule has 1 aromatic rings. The number of aliphatic carboxylic acids is 1. The van der Waals surface area contributed by atoms with Crippen molar-refractivity contribution in [1.29, 1.82) is 0 Å². The van der Waals surface area contributed by atoms with Gasteiger partial charge in [-0.1, -0.05) is 24.6 Å². The minimum Gasteiger partial charge on any atom is -0.481 e. The lowest BCUT2D eigenvalue weighted by molar-refractivity contribution is -0.141. The minimum absolute atomic E-state index is 0.0210. The molecule has 0 saturated carbocycles. The zero-order valence-corrected chi connectivity index (χ0v) is 14.0. The fourth-order valence-corrected chi connectivity index (χ4v) is 2.23. The first-order chi connectivity index (χ1) is 10.9. The third-order valence-electron chi connectivity index (χ3n) is 3.31. The highest BCUT2D eigenvalue weighted by molar-refractivity contribution is 6.34. The van der Waals surface area contributed by atoms with Crippen molar-refractivity contribution >= 4 is 23.5 Å². The lowest BCUT2D eigenvalue weighted by Gasteiger charge is -2.25. The van der Waals surface area contributed by atoms with Crippen LogP contribution in [0.15, 0.2) is 18.2 Å². The molecule has 7 heteroatoms. The Labute approximate surface area is 140 Å². The molecule has 1 aromatic carbocycles. The van der Waals surface area contributed by atoms with E-state index in [0.717, 1.165) is 0 Å². The summed E-state index contributed by atoms with van der Waals surface area (Å²) in [6.07, 6.45) is 0.554. The molecule has 0 aromatic heterocycles. The van der Waals surface area contributed by atoms with Crippen molar-refractivity contribution in [3.05, 3.63) is 34.6 Å². The van der Waals surface area contributed by atoms with Crippen LogP contribution >= 0.6 is 11.6 Å². The molecule has 128 valence electrons. The number of benzene rings is 1. The van der Waals surface area contributed by atoms with Crippen LogP contribution in [-0.2, 0) is 9.53 Å². The number of carboxylic acids is 1. The molecule has 1 rings (SSSR count). The van der Waals surface area contributed by atoms with E-state index >= 15 is 0 Å². The fourth-order valence-electron chi connectivity index (χ4n) is 2.03. The summed E-state index contributed by atoms with van der Waals surface area (Å²) in [7, 11) is 0. The number of ether oxygens (including phenoxy) is 1. The average molecular weight is 346 g/mol. The number of rotatable bonds is 9. The molecule has 1 N–H and O–H groups in total. The summed E-state index contributed by atoms with van der Waals surface area (Å²) in [5, 5.41) is 8.79. The Morgan fingerprint density at radius 3 is 2.74 bits per heavy atom. The second-order valence-corrected chi connectivity index (χ2v) is 5.52. The predicted octanol–water partition coefficient (Wildman–Crippen LogP) is 3.07. The Hall–Kier alpha value is -1.66. The van der Waals surface area contributed by atoms with Gasteiger partial charge in [-0.3, -0.25) is 9.59 Å². The number of hydrogen-bond acceptors (Lipinski definition) is 3. The highest BCUT2D eigenvalue weighted by Crippen LogP contribution is 2.21. The monoisotopic (exact) mass is 345 g/mol. The molecule has 0 saturated heterocycles. The maximum absolute atomic E-state index is 13.5. The van der Waals surface area contributed by atoms with Crippen LogP contribution in [-0.4, -0.2) is 48.2 Å². The van der Waals surface area contributed by atoms with E-state index in [1.54, 1.807) is 0 Å². The zero-order chi connectivity index (χ0) is 17.4. The van der Waals surface area contributed by atoms with Gasteiger partial charge in [-0.15, -0.1) is 0 Å². The summed E-state index contributed by atoms with van der Waals surface area (Å²) < 4.78 is 18.8. The highest BCUT2D eigenvalue weighted by Gasteiger charge is 2.23. The van der Waals surface area contributed by atoms with Crippen LogP contribution < -0.4 is 0 Å². The van der Waals surface area contributed by atoms with Crippen LogP contribution in [0.3, 0.4) is 0 Å². The number of carbonyl (C=O) groups excluding carboxylic acids is 1. The minimum atomic E-state index is -1.00. The lowest BCUT2D eigenvalue weighted by Crippen LogP contribution is -2.38. The predicted molar refractivity (Wildman–Crippen MR) is 85.2 cm³/mol. The third kappa shape index (κ3) is 5.80. The van der Waals surface area contributed by atoms with Crippen LogP contribution in [0.25, 0.3) is 0 Å². The molecule has 0 aliphatic carbocycles. The van der Waals surface area contributed by atoms with Crippen molar-refractivity contribution in [2.45, 2.75) is 20.3 Å². The Morgan fingerprint density at radius 2 is 2.13 bits per heavy atom. The second-order valence-electron chi connectivity index (χ2n) is 5.14. The number of halogens is 2. The van der Waals surface area contributed by atoms with E-state index in [1.165, 1.54) is 30.0 Å². The summed E-state index contributed by atoms with van der Waals surface area (Å²) >= 11 is 5.85. The van der Waals surface area contributed by atoms with Crippen molar-refractivity contribution in [3.8, 4) is 0 Å². The maximum Gasteiger partial charge on any atom is 0.308 e. The second kappa shape index (κ2) is 9.47. The smallest absolute Gasteiger partial charge is 0.308 e. The van der Waals surface area contributed by atoms with Gasteiger partial charge in [0.05, 0.1) is 16.5 Å². The molecule has 5 nitrogen and oxygen atoms in total. The molecular weight excluding hydrogens is 325 g/mol. The van der Waals surface area contributed by atoms with Gasteiger partial charge in [0, 0.05) is 26.3 Å². The van der Waals surface area contributed by atoms with Crippen molar-refractivity contribution in [1.82, 2.24) is 4.90 Å².